The summed E-state index contributed by atoms with van der Waals surface area (Å²) < 4.78 is 0. The fourth-order valence-corrected chi connectivity index (χ4v) is 4.27. The Morgan fingerprint density at radius 1 is 1.10 bits per heavy atom. The van der Waals surface area contributed by atoms with Gasteiger partial charge in [-0.25, -0.2) is 0 Å². The van der Waals surface area contributed by atoms with E-state index in [-0.39, 0.29) is 5.54 Å². The van der Waals surface area contributed by atoms with Gasteiger partial charge in [0.2, 0.25) is 0 Å². The average Bonchev–Trinajstić information content (AvgIpc) is 2.66. The quantitative estimate of drug-likeness (QED) is 0.761. The Bertz CT molecular complexity index is 291. The molecule has 2 heterocycles. The molecule has 0 aromatic rings. The summed E-state index contributed by atoms with van der Waals surface area (Å²) in [6.07, 6.45) is 6.50. The second kappa shape index (κ2) is 6.73. The van der Waals surface area contributed by atoms with Crippen LogP contribution in [0.1, 0.15) is 39.0 Å². The van der Waals surface area contributed by atoms with Crippen molar-refractivity contribution in [3.8, 4) is 0 Å². The van der Waals surface area contributed by atoms with E-state index in [0.29, 0.717) is 0 Å². The van der Waals surface area contributed by atoms with Crippen molar-refractivity contribution < 1.29 is 0 Å². The fourth-order valence-electron chi connectivity index (χ4n) is 4.27. The zero-order valence-corrected chi connectivity index (χ0v) is 13.9. The number of fused-ring (bicyclic) bond motifs is 2. The molecule has 0 aliphatic carbocycles. The second-order valence-electron chi connectivity index (χ2n) is 7.18. The first-order valence-electron chi connectivity index (χ1n) is 8.34. The highest BCUT2D eigenvalue weighted by atomic mass is 15.3. The molecule has 0 amide bonds. The third kappa shape index (κ3) is 3.19. The lowest BCUT2D eigenvalue weighted by Gasteiger charge is -2.51. The van der Waals surface area contributed by atoms with Crippen molar-refractivity contribution in [1.29, 1.82) is 0 Å². The van der Waals surface area contributed by atoms with Crippen LogP contribution >= 0.6 is 0 Å². The van der Waals surface area contributed by atoms with Crippen LogP contribution in [0.5, 0.6) is 0 Å². The van der Waals surface area contributed by atoms with E-state index in [0.717, 1.165) is 31.7 Å². The molecule has 2 unspecified atom stereocenters. The Labute approximate surface area is 125 Å². The van der Waals surface area contributed by atoms with Gasteiger partial charge in [0.25, 0.3) is 0 Å². The summed E-state index contributed by atoms with van der Waals surface area (Å²) in [6.45, 7) is 6.58. The summed E-state index contributed by atoms with van der Waals surface area (Å²) in [7, 11) is 6.64. The number of likely N-dealkylation sites (N-methyl/N-ethyl adjacent to an activating group) is 1. The third-order valence-electron chi connectivity index (χ3n) is 5.58. The summed E-state index contributed by atoms with van der Waals surface area (Å²) in [5.41, 5.74) is 6.55. The highest BCUT2D eigenvalue weighted by Crippen LogP contribution is 2.42. The lowest BCUT2D eigenvalue weighted by Crippen LogP contribution is -2.62. The Morgan fingerprint density at radius 3 is 2.15 bits per heavy atom. The molecule has 20 heavy (non-hydrogen) atoms. The first-order chi connectivity index (χ1) is 9.52. The number of piperidine rings is 1. The lowest BCUT2D eigenvalue weighted by atomic mass is 9.81. The topological polar surface area (TPSA) is 35.7 Å². The van der Waals surface area contributed by atoms with Crippen LogP contribution in [-0.2, 0) is 0 Å². The van der Waals surface area contributed by atoms with Gasteiger partial charge >= 0.3 is 0 Å². The van der Waals surface area contributed by atoms with E-state index in [4.69, 9.17) is 5.73 Å². The number of nitrogens with two attached hydrogens (primary N) is 1. The van der Waals surface area contributed by atoms with E-state index in [9.17, 15) is 0 Å². The number of hydrogen-bond donors (Lipinski definition) is 1. The van der Waals surface area contributed by atoms with Gasteiger partial charge in [0.1, 0.15) is 0 Å². The Hall–Kier alpha value is -0.160. The molecular formula is C16H34N4. The molecule has 2 rings (SSSR count). The van der Waals surface area contributed by atoms with Crippen LogP contribution in [0.25, 0.3) is 0 Å². The zero-order chi connectivity index (χ0) is 14.8. The van der Waals surface area contributed by atoms with Crippen LogP contribution in [0.3, 0.4) is 0 Å². The minimum atomic E-state index is 0.254. The van der Waals surface area contributed by atoms with Gasteiger partial charge in [0.05, 0.1) is 0 Å². The van der Waals surface area contributed by atoms with Crippen LogP contribution in [0.2, 0.25) is 0 Å². The molecule has 2 N–H and O–H groups in total. The summed E-state index contributed by atoms with van der Waals surface area (Å²) in [5.74, 6) is 0. The van der Waals surface area contributed by atoms with Gasteiger partial charge < -0.3 is 15.5 Å². The Kier molecular flexibility index (Phi) is 5.46. The highest BCUT2D eigenvalue weighted by molar-refractivity contribution is 5.06. The minimum Gasteiger partial charge on any atom is -0.329 e. The first-order valence-corrected chi connectivity index (χ1v) is 8.34. The van der Waals surface area contributed by atoms with Gasteiger partial charge in [0.15, 0.2) is 0 Å². The molecule has 4 nitrogen and oxygen atoms in total. The van der Waals surface area contributed by atoms with Crippen molar-refractivity contribution in [1.82, 2.24) is 14.7 Å². The zero-order valence-electron chi connectivity index (χ0n) is 13.9. The molecule has 2 bridgehead atoms. The predicted molar refractivity (Wildman–Crippen MR) is 86.0 cm³/mol. The molecule has 0 saturated carbocycles. The highest BCUT2D eigenvalue weighted by Gasteiger charge is 2.48. The summed E-state index contributed by atoms with van der Waals surface area (Å²) in [6, 6.07) is 1.52. The van der Waals surface area contributed by atoms with Gasteiger partial charge in [-0.05, 0) is 59.8 Å². The van der Waals surface area contributed by atoms with Crippen molar-refractivity contribution in [2.45, 2.75) is 56.7 Å². The molecule has 4 heteroatoms. The molecule has 2 atom stereocenters. The van der Waals surface area contributed by atoms with Gasteiger partial charge in [-0.3, -0.25) is 4.90 Å². The van der Waals surface area contributed by atoms with E-state index in [1.165, 1.54) is 38.6 Å². The molecule has 2 saturated heterocycles. The second-order valence-corrected chi connectivity index (χ2v) is 7.18. The van der Waals surface area contributed by atoms with Gasteiger partial charge in [-0.1, -0.05) is 6.92 Å². The Morgan fingerprint density at radius 2 is 1.70 bits per heavy atom. The maximum Gasteiger partial charge on any atom is 0.0362 e. The maximum absolute atomic E-state index is 6.30. The van der Waals surface area contributed by atoms with Crippen LogP contribution in [-0.4, -0.2) is 79.6 Å². The largest absolute Gasteiger partial charge is 0.329 e. The molecule has 2 fully saturated rings. The van der Waals surface area contributed by atoms with E-state index < -0.39 is 0 Å². The van der Waals surface area contributed by atoms with Crippen molar-refractivity contribution in [3.63, 3.8) is 0 Å². The molecule has 0 aromatic carbocycles. The van der Waals surface area contributed by atoms with Crippen LogP contribution in [0.4, 0.5) is 0 Å². The van der Waals surface area contributed by atoms with Gasteiger partial charge in [-0.2, -0.15) is 0 Å². The van der Waals surface area contributed by atoms with Crippen LogP contribution in [0, 0.1) is 0 Å². The smallest absolute Gasteiger partial charge is 0.0362 e. The van der Waals surface area contributed by atoms with Crippen molar-refractivity contribution >= 4 is 0 Å². The van der Waals surface area contributed by atoms with E-state index in [1.54, 1.807) is 0 Å². The summed E-state index contributed by atoms with van der Waals surface area (Å²) >= 11 is 0. The number of hydrogen-bond acceptors (Lipinski definition) is 4. The van der Waals surface area contributed by atoms with Crippen LogP contribution in [0.15, 0.2) is 0 Å². The number of rotatable bonds is 7. The standard InChI is InChI=1S/C16H34N4/c1-5-8-20(10-9-18(2)3)16(13-17)11-14-6-7-15(12-16)19(14)4/h14-15H,5-13,17H2,1-4H3. The van der Waals surface area contributed by atoms with Crippen molar-refractivity contribution in [2.75, 3.05) is 47.3 Å². The van der Waals surface area contributed by atoms with Crippen molar-refractivity contribution in [3.05, 3.63) is 0 Å². The normalized spacial score (nSPS) is 34.4. The average molecular weight is 282 g/mol. The molecule has 0 spiro atoms. The molecule has 0 radical (unpaired) electrons. The molecule has 118 valence electrons. The van der Waals surface area contributed by atoms with E-state index >= 15 is 0 Å². The molecular weight excluding hydrogens is 248 g/mol. The SMILES string of the molecule is CCCN(CCN(C)C)C1(CN)CC2CCC(C1)N2C. The number of nitrogens with zero attached hydrogens (tertiary/aromatic N) is 3. The minimum absolute atomic E-state index is 0.254. The monoisotopic (exact) mass is 282 g/mol. The summed E-state index contributed by atoms with van der Waals surface area (Å²) in [4.78, 5) is 7.62. The molecule has 0 aromatic heterocycles. The van der Waals surface area contributed by atoms with Crippen molar-refractivity contribution in [2.24, 2.45) is 5.73 Å². The molecule has 2 aliphatic heterocycles. The summed E-state index contributed by atoms with van der Waals surface area (Å²) in [5, 5.41) is 0. The molecule has 2 aliphatic rings. The Balaban J connectivity index is 2.10. The van der Waals surface area contributed by atoms with E-state index in [1.807, 2.05) is 0 Å². The third-order valence-corrected chi connectivity index (χ3v) is 5.58. The van der Waals surface area contributed by atoms with Gasteiger partial charge in [0, 0.05) is 37.3 Å². The maximum atomic E-state index is 6.30. The lowest BCUT2D eigenvalue weighted by molar-refractivity contribution is -0.00195. The van der Waals surface area contributed by atoms with Gasteiger partial charge in [-0.15, -0.1) is 0 Å². The predicted octanol–water partition coefficient (Wildman–Crippen LogP) is 1.21. The van der Waals surface area contributed by atoms with E-state index in [2.05, 4.69) is 42.8 Å². The first kappa shape index (κ1) is 16.2. The van der Waals surface area contributed by atoms with Crippen LogP contribution < -0.4 is 5.73 Å². The fraction of sp³-hybridized carbons (Fsp3) is 1.00.